The molecule has 0 spiro atoms. The predicted octanol–water partition coefficient (Wildman–Crippen LogP) is 5.49. The first-order chi connectivity index (χ1) is 13.7. The molecule has 2 aromatic carbocycles. The molecule has 0 bridgehead atoms. The van der Waals surface area contributed by atoms with Gasteiger partial charge >= 0.3 is 0 Å². The molecule has 0 saturated carbocycles. The van der Waals surface area contributed by atoms with Gasteiger partial charge in [-0.25, -0.2) is 4.98 Å². The summed E-state index contributed by atoms with van der Waals surface area (Å²) in [6.45, 7) is 4.57. The molecule has 1 saturated heterocycles. The van der Waals surface area contributed by atoms with Crippen molar-refractivity contribution in [3.8, 4) is 0 Å². The van der Waals surface area contributed by atoms with E-state index < -0.39 is 0 Å². The number of anilines is 2. The van der Waals surface area contributed by atoms with E-state index in [4.69, 9.17) is 0 Å². The summed E-state index contributed by atoms with van der Waals surface area (Å²) < 4.78 is 1.21. The fourth-order valence-electron chi connectivity index (χ4n) is 3.67. The van der Waals surface area contributed by atoms with Crippen LogP contribution in [0.15, 0.2) is 48.5 Å². The van der Waals surface area contributed by atoms with Crippen molar-refractivity contribution < 1.29 is 4.79 Å². The average Bonchev–Trinajstić information content (AvgIpc) is 3.12. The maximum Gasteiger partial charge on any atom is 0.224 e. The van der Waals surface area contributed by atoms with Crippen LogP contribution >= 0.6 is 11.3 Å². The number of rotatable bonds is 6. The Balaban J connectivity index is 1.24. The third-order valence-electron chi connectivity index (χ3n) is 5.43. The topological polar surface area (TPSA) is 45.2 Å². The van der Waals surface area contributed by atoms with Gasteiger partial charge in [0.2, 0.25) is 5.91 Å². The molecule has 4 nitrogen and oxygen atoms in total. The van der Waals surface area contributed by atoms with Gasteiger partial charge in [0, 0.05) is 30.9 Å². The largest absolute Gasteiger partial charge is 0.372 e. The summed E-state index contributed by atoms with van der Waals surface area (Å²) in [5.41, 5.74) is 3.18. The van der Waals surface area contributed by atoms with E-state index in [-0.39, 0.29) is 5.91 Å². The van der Waals surface area contributed by atoms with Crippen LogP contribution in [0.4, 0.5) is 11.4 Å². The highest BCUT2D eigenvalue weighted by Gasteiger charge is 2.16. The second-order valence-electron chi connectivity index (χ2n) is 7.69. The van der Waals surface area contributed by atoms with Crippen molar-refractivity contribution in [2.75, 3.05) is 23.3 Å². The van der Waals surface area contributed by atoms with Gasteiger partial charge in [0.25, 0.3) is 0 Å². The highest BCUT2D eigenvalue weighted by atomic mass is 32.1. The van der Waals surface area contributed by atoms with Crippen LogP contribution in [0.25, 0.3) is 10.2 Å². The number of fused-ring (bicyclic) bond motifs is 1. The van der Waals surface area contributed by atoms with Gasteiger partial charge < -0.3 is 10.2 Å². The molecule has 1 fully saturated rings. The standard InChI is InChI=1S/C23H27N3OS/c1-17-13-15-26(16-14-17)19-11-9-18(10-12-19)24-22(27)7-4-8-23-25-20-5-2-3-6-21(20)28-23/h2-3,5-6,9-12,17H,4,7-8,13-16H2,1H3,(H,24,27). The number of carbonyl (C=O) groups is 1. The summed E-state index contributed by atoms with van der Waals surface area (Å²) >= 11 is 1.72. The quantitative estimate of drug-likeness (QED) is 0.602. The van der Waals surface area contributed by atoms with E-state index in [0.717, 1.165) is 48.1 Å². The second-order valence-corrected chi connectivity index (χ2v) is 8.81. The lowest BCUT2D eigenvalue weighted by atomic mass is 9.99. The van der Waals surface area contributed by atoms with Crippen LogP contribution in [0.5, 0.6) is 0 Å². The maximum atomic E-state index is 12.3. The summed E-state index contributed by atoms with van der Waals surface area (Å²) in [4.78, 5) is 19.3. The Bertz CT molecular complexity index is 893. The predicted molar refractivity (Wildman–Crippen MR) is 118 cm³/mol. The first-order valence-corrected chi connectivity index (χ1v) is 11.0. The average molecular weight is 394 g/mol. The lowest BCUT2D eigenvalue weighted by Crippen LogP contribution is -2.32. The van der Waals surface area contributed by atoms with E-state index in [9.17, 15) is 4.79 Å². The van der Waals surface area contributed by atoms with E-state index >= 15 is 0 Å². The highest BCUT2D eigenvalue weighted by molar-refractivity contribution is 7.18. The summed E-state index contributed by atoms with van der Waals surface area (Å²) in [6, 6.07) is 16.4. The molecule has 1 N–H and O–H groups in total. The summed E-state index contributed by atoms with van der Waals surface area (Å²) in [7, 11) is 0. The molecule has 5 heteroatoms. The van der Waals surface area contributed by atoms with Crippen LogP contribution in [-0.2, 0) is 11.2 Å². The van der Waals surface area contributed by atoms with E-state index in [0.29, 0.717) is 6.42 Å². The van der Waals surface area contributed by atoms with Crippen LogP contribution in [-0.4, -0.2) is 24.0 Å². The maximum absolute atomic E-state index is 12.3. The van der Waals surface area contributed by atoms with Gasteiger partial charge in [-0.15, -0.1) is 11.3 Å². The second kappa shape index (κ2) is 8.74. The van der Waals surface area contributed by atoms with E-state index in [1.807, 2.05) is 30.3 Å². The van der Waals surface area contributed by atoms with Crippen LogP contribution < -0.4 is 10.2 Å². The fourth-order valence-corrected chi connectivity index (χ4v) is 4.68. The Morgan fingerprint density at radius 1 is 1.14 bits per heavy atom. The third-order valence-corrected chi connectivity index (χ3v) is 6.53. The Labute approximate surface area is 170 Å². The highest BCUT2D eigenvalue weighted by Crippen LogP contribution is 2.25. The van der Waals surface area contributed by atoms with E-state index in [1.54, 1.807) is 11.3 Å². The monoisotopic (exact) mass is 393 g/mol. The first-order valence-electron chi connectivity index (χ1n) is 10.2. The molecule has 28 heavy (non-hydrogen) atoms. The van der Waals surface area contributed by atoms with Crippen LogP contribution in [0.2, 0.25) is 0 Å². The third kappa shape index (κ3) is 4.71. The number of nitrogens with zero attached hydrogens (tertiary/aromatic N) is 2. The summed E-state index contributed by atoms with van der Waals surface area (Å²) in [5, 5.41) is 4.12. The normalized spacial score (nSPS) is 15.1. The minimum atomic E-state index is 0.0701. The minimum Gasteiger partial charge on any atom is -0.372 e. The zero-order valence-electron chi connectivity index (χ0n) is 16.4. The molecular formula is C23H27N3OS. The zero-order chi connectivity index (χ0) is 19.3. The lowest BCUT2D eigenvalue weighted by molar-refractivity contribution is -0.116. The molecule has 146 valence electrons. The number of amides is 1. The molecule has 0 radical (unpaired) electrons. The molecule has 0 aliphatic carbocycles. The van der Waals surface area contributed by atoms with E-state index in [1.165, 1.54) is 23.2 Å². The molecule has 1 aliphatic rings. The molecule has 0 atom stereocenters. The minimum absolute atomic E-state index is 0.0701. The number of hydrogen-bond donors (Lipinski definition) is 1. The molecule has 1 aromatic heterocycles. The number of aromatic nitrogens is 1. The van der Waals surface area contributed by atoms with Crippen molar-refractivity contribution in [2.45, 2.75) is 39.0 Å². The molecule has 0 unspecified atom stereocenters. The number of carbonyl (C=O) groups excluding carboxylic acids is 1. The number of hydrogen-bond acceptors (Lipinski definition) is 4. The van der Waals surface area contributed by atoms with Gasteiger partial charge in [0.15, 0.2) is 0 Å². The van der Waals surface area contributed by atoms with Gasteiger partial charge in [-0.2, -0.15) is 0 Å². The van der Waals surface area contributed by atoms with E-state index in [2.05, 4.69) is 40.3 Å². The molecule has 1 amide bonds. The SMILES string of the molecule is CC1CCN(c2ccc(NC(=O)CCCc3nc4ccccc4s3)cc2)CC1. The molecule has 4 rings (SSSR count). The van der Waals surface area contributed by atoms with Gasteiger partial charge in [-0.05, 0) is 68.0 Å². The van der Waals surface area contributed by atoms with Gasteiger partial charge in [0.1, 0.15) is 0 Å². The Morgan fingerprint density at radius 2 is 1.89 bits per heavy atom. The first kappa shape index (κ1) is 18.9. The fraction of sp³-hybridized carbons (Fsp3) is 0.391. The number of aryl methyl sites for hydroxylation is 1. The smallest absolute Gasteiger partial charge is 0.224 e. The van der Waals surface area contributed by atoms with Crippen molar-refractivity contribution in [3.63, 3.8) is 0 Å². The van der Waals surface area contributed by atoms with Gasteiger partial charge in [-0.1, -0.05) is 19.1 Å². The van der Waals surface area contributed by atoms with Crippen molar-refractivity contribution in [1.82, 2.24) is 4.98 Å². The van der Waals surface area contributed by atoms with Crippen LogP contribution in [0.3, 0.4) is 0 Å². The molecule has 1 aliphatic heterocycles. The number of para-hydroxylation sites is 1. The Kier molecular flexibility index (Phi) is 5.91. The number of nitrogens with one attached hydrogen (secondary N) is 1. The van der Waals surface area contributed by atoms with Crippen molar-refractivity contribution in [3.05, 3.63) is 53.5 Å². The van der Waals surface area contributed by atoms with Gasteiger partial charge in [-0.3, -0.25) is 4.79 Å². The van der Waals surface area contributed by atoms with Crippen molar-refractivity contribution in [2.24, 2.45) is 5.92 Å². The number of piperidine rings is 1. The van der Waals surface area contributed by atoms with Crippen molar-refractivity contribution >= 4 is 38.8 Å². The Hall–Kier alpha value is -2.40. The molecular weight excluding hydrogens is 366 g/mol. The van der Waals surface area contributed by atoms with Crippen molar-refractivity contribution in [1.29, 1.82) is 0 Å². The van der Waals surface area contributed by atoms with Crippen LogP contribution in [0, 0.1) is 5.92 Å². The summed E-state index contributed by atoms with van der Waals surface area (Å²) in [6.07, 6.45) is 4.69. The zero-order valence-corrected chi connectivity index (χ0v) is 17.2. The molecule has 3 aromatic rings. The molecule has 2 heterocycles. The number of thiazole rings is 1. The van der Waals surface area contributed by atoms with Gasteiger partial charge in [0.05, 0.1) is 15.2 Å². The Morgan fingerprint density at radius 3 is 2.64 bits per heavy atom. The van der Waals surface area contributed by atoms with Crippen LogP contribution in [0.1, 0.15) is 37.6 Å². The number of benzene rings is 2. The lowest BCUT2D eigenvalue weighted by Gasteiger charge is -2.32. The summed E-state index contributed by atoms with van der Waals surface area (Å²) in [5.74, 6) is 0.901.